The standard InChI is InChI=1S/C23H32F2/c24-22-13-12-21(15-23(22)25)20-10-8-19(9-11-20)18-6-4-17(5-7-18)14-16-2-1-3-16/h12-13,15-20H,1-11,14H2. The van der Waals surface area contributed by atoms with Crippen molar-refractivity contribution in [1.82, 2.24) is 0 Å². The van der Waals surface area contributed by atoms with Crippen molar-refractivity contribution >= 4 is 0 Å². The lowest BCUT2D eigenvalue weighted by Crippen LogP contribution is -2.27. The van der Waals surface area contributed by atoms with Gasteiger partial charge < -0.3 is 0 Å². The van der Waals surface area contributed by atoms with E-state index in [1.807, 2.05) is 0 Å². The average Bonchev–Trinajstić information content (AvgIpc) is 2.61. The van der Waals surface area contributed by atoms with Gasteiger partial charge in [0, 0.05) is 0 Å². The molecule has 2 heteroatoms. The Bertz CT molecular complexity index is 561. The van der Waals surface area contributed by atoms with E-state index in [0.29, 0.717) is 5.92 Å². The molecule has 0 amide bonds. The molecule has 0 aromatic heterocycles. The van der Waals surface area contributed by atoms with Gasteiger partial charge in [0.25, 0.3) is 0 Å². The number of rotatable bonds is 4. The van der Waals surface area contributed by atoms with Gasteiger partial charge in [0.1, 0.15) is 0 Å². The van der Waals surface area contributed by atoms with E-state index >= 15 is 0 Å². The average molecular weight is 347 g/mol. The summed E-state index contributed by atoms with van der Waals surface area (Å²) in [6.07, 6.45) is 16.6. The van der Waals surface area contributed by atoms with E-state index in [2.05, 4.69) is 0 Å². The smallest absolute Gasteiger partial charge is 0.159 e. The van der Waals surface area contributed by atoms with E-state index in [1.54, 1.807) is 6.07 Å². The Kier molecular flexibility index (Phi) is 5.43. The van der Waals surface area contributed by atoms with E-state index in [0.717, 1.165) is 42.1 Å². The maximum atomic E-state index is 13.5. The van der Waals surface area contributed by atoms with Gasteiger partial charge in [-0.2, -0.15) is 0 Å². The highest BCUT2D eigenvalue weighted by Crippen LogP contribution is 2.45. The van der Waals surface area contributed by atoms with Crippen molar-refractivity contribution in [1.29, 1.82) is 0 Å². The zero-order chi connectivity index (χ0) is 17.2. The van der Waals surface area contributed by atoms with Crippen molar-refractivity contribution < 1.29 is 8.78 Å². The zero-order valence-corrected chi connectivity index (χ0v) is 15.4. The molecule has 3 saturated carbocycles. The van der Waals surface area contributed by atoms with Crippen LogP contribution in [0.5, 0.6) is 0 Å². The summed E-state index contributed by atoms with van der Waals surface area (Å²) in [6.45, 7) is 0. The highest BCUT2D eigenvalue weighted by atomic mass is 19.2. The third-order valence-corrected chi connectivity index (χ3v) is 7.64. The van der Waals surface area contributed by atoms with Crippen LogP contribution in [0.4, 0.5) is 8.78 Å². The number of hydrogen-bond acceptors (Lipinski definition) is 0. The maximum absolute atomic E-state index is 13.5. The Balaban J connectivity index is 1.24. The molecule has 0 N–H and O–H groups in total. The second-order valence-corrected chi connectivity index (χ2v) is 9.10. The molecule has 0 spiro atoms. The third-order valence-electron chi connectivity index (χ3n) is 7.64. The number of halogens is 2. The summed E-state index contributed by atoms with van der Waals surface area (Å²) in [5, 5.41) is 0. The molecule has 138 valence electrons. The Morgan fingerprint density at radius 2 is 1.28 bits per heavy atom. The van der Waals surface area contributed by atoms with Crippen LogP contribution in [-0.2, 0) is 0 Å². The number of hydrogen-bond donors (Lipinski definition) is 0. The lowest BCUT2D eigenvalue weighted by Gasteiger charge is -2.39. The third kappa shape index (κ3) is 4.09. The maximum Gasteiger partial charge on any atom is 0.159 e. The summed E-state index contributed by atoms with van der Waals surface area (Å²) in [4.78, 5) is 0. The highest BCUT2D eigenvalue weighted by molar-refractivity contribution is 5.22. The Labute approximate surface area is 151 Å². The minimum atomic E-state index is -0.726. The van der Waals surface area contributed by atoms with Crippen LogP contribution in [0.1, 0.15) is 88.5 Å². The Morgan fingerprint density at radius 1 is 0.680 bits per heavy atom. The van der Waals surface area contributed by atoms with Gasteiger partial charge in [-0.3, -0.25) is 0 Å². The van der Waals surface area contributed by atoms with Crippen molar-refractivity contribution in [3.63, 3.8) is 0 Å². The molecule has 0 bridgehead atoms. The van der Waals surface area contributed by atoms with Crippen LogP contribution in [0.15, 0.2) is 18.2 Å². The largest absolute Gasteiger partial charge is 0.204 e. The van der Waals surface area contributed by atoms with Crippen molar-refractivity contribution in [3.05, 3.63) is 35.4 Å². The molecular weight excluding hydrogens is 314 g/mol. The van der Waals surface area contributed by atoms with Gasteiger partial charge in [-0.25, -0.2) is 8.78 Å². The molecule has 25 heavy (non-hydrogen) atoms. The predicted octanol–water partition coefficient (Wildman–Crippen LogP) is 7.24. The van der Waals surface area contributed by atoms with Crippen LogP contribution in [0, 0.1) is 35.3 Å². The first kappa shape index (κ1) is 17.5. The molecule has 1 aromatic rings. The lowest BCUT2D eigenvalue weighted by molar-refractivity contribution is 0.137. The van der Waals surface area contributed by atoms with Crippen LogP contribution < -0.4 is 0 Å². The minimum Gasteiger partial charge on any atom is -0.204 e. The Morgan fingerprint density at radius 3 is 1.84 bits per heavy atom. The van der Waals surface area contributed by atoms with E-state index < -0.39 is 11.6 Å². The molecule has 0 saturated heterocycles. The van der Waals surface area contributed by atoms with E-state index in [1.165, 1.54) is 76.3 Å². The summed E-state index contributed by atoms with van der Waals surface area (Å²) >= 11 is 0. The van der Waals surface area contributed by atoms with Crippen molar-refractivity contribution in [2.75, 3.05) is 0 Å². The molecule has 0 nitrogen and oxygen atoms in total. The van der Waals surface area contributed by atoms with Crippen molar-refractivity contribution in [3.8, 4) is 0 Å². The fourth-order valence-electron chi connectivity index (χ4n) is 5.79. The SMILES string of the molecule is Fc1ccc(C2CCC(C3CCC(CC4CCC4)CC3)CC2)cc1F. The van der Waals surface area contributed by atoms with Gasteiger partial charge >= 0.3 is 0 Å². The molecule has 0 radical (unpaired) electrons. The monoisotopic (exact) mass is 346 g/mol. The van der Waals surface area contributed by atoms with Crippen LogP contribution in [0.3, 0.4) is 0 Å². The van der Waals surface area contributed by atoms with Crippen molar-refractivity contribution in [2.24, 2.45) is 23.7 Å². The molecular formula is C23H32F2. The van der Waals surface area contributed by atoms with Crippen LogP contribution in [0.25, 0.3) is 0 Å². The fraction of sp³-hybridized carbons (Fsp3) is 0.739. The molecule has 0 atom stereocenters. The molecule has 3 fully saturated rings. The van der Waals surface area contributed by atoms with Gasteiger partial charge in [0.05, 0.1) is 0 Å². The molecule has 0 aliphatic heterocycles. The second-order valence-electron chi connectivity index (χ2n) is 9.10. The van der Waals surface area contributed by atoms with Gasteiger partial charge in [-0.05, 0) is 92.2 Å². The lowest BCUT2D eigenvalue weighted by atomic mass is 9.66. The second kappa shape index (κ2) is 7.76. The van der Waals surface area contributed by atoms with Gasteiger partial charge in [0.15, 0.2) is 11.6 Å². The first-order valence-electron chi connectivity index (χ1n) is 10.6. The minimum absolute atomic E-state index is 0.432. The topological polar surface area (TPSA) is 0 Å². The molecule has 4 rings (SSSR count). The first-order chi connectivity index (χ1) is 12.2. The molecule has 0 unspecified atom stereocenters. The summed E-state index contributed by atoms with van der Waals surface area (Å²) in [7, 11) is 0. The summed E-state index contributed by atoms with van der Waals surface area (Å²) < 4.78 is 26.6. The first-order valence-corrected chi connectivity index (χ1v) is 10.6. The van der Waals surface area contributed by atoms with Gasteiger partial charge in [-0.1, -0.05) is 38.2 Å². The van der Waals surface area contributed by atoms with Gasteiger partial charge in [0.2, 0.25) is 0 Å². The summed E-state index contributed by atoms with van der Waals surface area (Å²) in [5.41, 5.74) is 1.00. The summed E-state index contributed by atoms with van der Waals surface area (Å²) in [6, 6.07) is 4.50. The van der Waals surface area contributed by atoms with Crippen LogP contribution >= 0.6 is 0 Å². The van der Waals surface area contributed by atoms with Crippen LogP contribution in [0.2, 0.25) is 0 Å². The number of benzene rings is 1. The highest BCUT2D eigenvalue weighted by Gasteiger charge is 2.32. The molecule has 3 aliphatic carbocycles. The van der Waals surface area contributed by atoms with Crippen LogP contribution in [-0.4, -0.2) is 0 Å². The molecule has 3 aliphatic rings. The molecule has 0 heterocycles. The Hall–Kier alpha value is -0.920. The summed E-state index contributed by atoms with van der Waals surface area (Å²) in [5.74, 6) is 2.91. The zero-order valence-electron chi connectivity index (χ0n) is 15.4. The van der Waals surface area contributed by atoms with E-state index in [-0.39, 0.29) is 0 Å². The van der Waals surface area contributed by atoms with E-state index in [9.17, 15) is 8.78 Å². The quantitative estimate of drug-likeness (QED) is 0.539. The normalized spacial score (nSPS) is 33.8. The van der Waals surface area contributed by atoms with Crippen molar-refractivity contribution in [2.45, 2.75) is 83.0 Å². The molecule has 1 aromatic carbocycles. The predicted molar refractivity (Wildman–Crippen MR) is 98.5 cm³/mol. The fourth-order valence-corrected chi connectivity index (χ4v) is 5.79. The van der Waals surface area contributed by atoms with Gasteiger partial charge in [-0.15, -0.1) is 0 Å². The van der Waals surface area contributed by atoms with E-state index in [4.69, 9.17) is 0 Å².